The largest absolute Gasteiger partial charge is 0.481 e. The second kappa shape index (κ2) is 9.86. The Kier molecular flexibility index (Phi) is 8.16. The van der Waals surface area contributed by atoms with Gasteiger partial charge in [-0.2, -0.15) is 0 Å². The van der Waals surface area contributed by atoms with Gasteiger partial charge in [0.15, 0.2) is 0 Å². The molecular weight excluding hydrogens is 360 g/mol. The molecule has 0 aromatic heterocycles. The molecule has 27 heavy (non-hydrogen) atoms. The first-order chi connectivity index (χ1) is 12.5. The molecule has 11 nitrogen and oxygen atoms in total. The summed E-state index contributed by atoms with van der Waals surface area (Å²) in [6.07, 6.45) is 0.677. The summed E-state index contributed by atoms with van der Waals surface area (Å²) in [6.45, 7) is 3.01. The first-order valence-corrected chi connectivity index (χ1v) is 8.66. The zero-order valence-corrected chi connectivity index (χ0v) is 15.3. The smallest absolute Gasteiger partial charge is 0.325 e. The van der Waals surface area contributed by atoms with E-state index >= 15 is 0 Å². The lowest BCUT2D eigenvalue weighted by Gasteiger charge is -2.27. The average Bonchev–Trinajstić information content (AvgIpc) is 3.08. The van der Waals surface area contributed by atoms with Gasteiger partial charge in [-0.05, 0) is 33.1 Å². The molecular formula is C16H26N4O7. The van der Waals surface area contributed by atoms with Crippen molar-refractivity contribution in [2.24, 2.45) is 5.73 Å². The number of nitrogens with one attached hydrogen (secondary N) is 2. The van der Waals surface area contributed by atoms with Crippen molar-refractivity contribution in [3.05, 3.63) is 0 Å². The molecule has 0 radical (unpaired) electrons. The normalized spacial score (nSPS) is 19.7. The van der Waals surface area contributed by atoms with E-state index in [0.29, 0.717) is 19.4 Å². The van der Waals surface area contributed by atoms with Crippen LogP contribution in [0.5, 0.6) is 0 Å². The van der Waals surface area contributed by atoms with Crippen LogP contribution in [0.1, 0.15) is 39.5 Å². The van der Waals surface area contributed by atoms with Crippen LogP contribution in [0.3, 0.4) is 0 Å². The van der Waals surface area contributed by atoms with Gasteiger partial charge in [0, 0.05) is 13.0 Å². The van der Waals surface area contributed by atoms with E-state index in [1.54, 1.807) is 0 Å². The molecule has 0 bridgehead atoms. The second-order valence-electron chi connectivity index (χ2n) is 6.53. The standard InChI is InChI=1S/C16H26N4O7/c1-8(13(23)19-9(2)16(26)27)18-14(24)11-4-3-7-20(11)15(25)10(17)5-6-12(21)22/h8-11H,3-7,17H2,1-2H3,(H,18,24)(H,19,23)(H,21,22)(H,26,27). The van der Waals surface area contributed by atoms with Gasteiger partial charge in [0.1, 0.15) is 18.1 Å². The van der Waals surface area contributed by atoms with Crippen LogP contribution in [-0.2, 0) is 24.0 Å². The number of amides is 3. The molecule has 152 valence electrons. The summed E-state index contributed by atoms with van der Waals surface area (Å²) in [6, 6.07) is -3.92. The Morgan fingerprint density at radius 3 is 2.30 bits per heavy atom. The SMILES string of the molecule is CC(NC(=O)C(C)NC(=O)C1CCCN1C(=O)C(N)CCC(=O)O)C(=O)O. The Hall–Kier alpha value is -2.69. The quantitative estimate of drug-likeness (QED) is 0.310. The number of carbonyl (C=O) groups is 5. The van der Waals surface area contributed by atoms with E-state index in [1.807, 2.05) is 0 Å². The van der Waals surface area contributed by atoms with Crippen molar-refractivity contribution in [2.45, 2.75) is 63.7 Å². The molecule has 3 amide bonds. The minimum atomic E-state index is -1.20. The van der Waals surface area contributed by atoms with Crippen molar-refractivity contribution in [2.75, 3.05) is 6.54 Å². The third kappa shape index (κ3) is 6.51. The molecule has 1 aliphatic heterocycles. The number of nitrogens with zero attached hydrogens (tertiary/aromatic N) is 1. The van der Waals surface area contributed by atoms with E-state index < -0.39 is 53.8 Å². The molecule has 6 N–H and O–H groups in total. The number of aliphatic carboxylic acids is 2. The van der Waals surface area contributed by atoms with E-state index in [1.165, 1.54) is 18.7 Å². The molecule has 1 heterocycles. The summed E-state index contributed by atoms with van der Waals surface area (Å²) in [7, 11) is 0. The van der Waals surface area contributed by atoms with Crippen molar-refractivity contribution < 1.29 is 34.2 Å². The number of hydrogen-bond acceptors (Lipinski definition) is 6. The molecule has 1 fully saturated rings. The van der Waals surface area contributed by atoms with Crippen LogP contribution in [0.15, 0.2) is 0 Å². The van der Waals surface area contributed by atoms with Crippen LogP contribution in [0.25, 0.3) is 0 Å². The first-order valence-electron chi connectivity index (χ1n) is 8.66. The van der Waals surface area contributed by atoms with E-state index in [0.717, 1.165) is 0 Å². The number of hydrogen-bond donors (Lipinski definition) is 5. The fourth-order valence-corrected chi connectivity index (χ4v) is 2.69. The fraction of sp³-hybridized carbons (Fsp3) is 0.688. The van der Waals surface area contributed by atoms with Gasteiger partial charge in [0.2, 0.25) is 17.7 Å². The van der Waals surface area contributed by atoms with E-state index in [4.69, 9.17) is 15.9 Å². The summed E-state index contributed by atoms with van der Waals surface area (Å²) in [5.74, 6) is -3.98. The maximum atomic E-state index is 12.4. The van der Waals surface area contributed by atoms with Crippen molar-refractivity contribution in [1.82, 2.24) is 15.5 Å². The van der Waals surface area contributed by atoms with Crippen molar-refractivity contribution in [1.29, 1.82) is 0 Å². The highest BCUT2D eigenvalue weighted by atomic mass is 16.4. The minimum Gasteiger partial charge on any atom is -0.481 e. The zero-order valence-electron chi connectivity index (χ0n) is 15.3. The summed E-state index contributed by atoms with van der Waals surface area (Å²) < 4.78 is 0. The highest BCUT2D eigenvalue weighted by molar-refractivity contribution is 5.94. The van der Waals surface area contributed by atoms with Gasteiger partial charge >= 0.3 is 11.9 Å². The van der Waals surface area contributed by atoms with E-state index in [-0.39, 0.29) is 12.8 Å². The number of carbonyl (C=O) groups excluding carboxylic acids is 3. The van der Waals surface area contributed by atoms with Gasteiger partial charge in [0.05, 0.1) is 6.04 Å². The Morgan fingerprint density at radius 1 is 1.11 bits per heavy atom. The number of carboxylic acid groups (broad SMARTS) is 2. The monoisotopic (exact) mass is 386 g/mol. The van der Waals surface area contributed by atoms with E-state index in [2.05, 4.69) is 10.6 Å². The Morgan fingerprint density at radius 2 is 1.74 bits per heavy atom. The summed E-state index contributed by atoms with van der Waals surface area (Å²) >= 11 is 0. The third-order valence-electron chi connectivity index (χ3n) is 4.31. The molecule has 0 aliphatic carbocycles. The topological polar surface area (TPSA) is 179 Å². The number of carboxylic acids is 2. The van der Waals surface area contributed by atoms with Gasteiger partial charge in [-0.25, -0.2) is 0 Å². The first kappa shape index (κ1) is 22.4. The third-order valence-corrected chi connectivity index (χ3v) is 4.31. The fourth-order valence-electron chi connectivity index (χ4n) is 2.69. The highest BCUT2D eigenvalue weighted by Gasteiger charge is 2.37. The molecule has 1 saturated heterocycles. The Bertz CT molecular complexity index is 610. The van der Waals surface area contributed by atoms with Gasteiger partial charge in [-0.1, -0.05) is 0 Å². The van der Waals surface area contributed by atoms with Crippen molar-refractivity contribution >= 4 is 29.7 Å². The zero-order chi connectivity index (χ0) is 20.7. The number of likely N-dealkylation sites (tertiary alicyclic amines) is 1. The van der Waals surface area contributed by atoms with Crippen LogP contribution in [0.2, 0.25) is 0 Å². The maximum Gasteiger partial charge on any atom is 0.325 e. The van der Waals surface area contributed by atoms with Crippen LogP contribution in [-0.4, -0.2) is 75.5 Å². The molecule has 0 spiro atoms. The Labute approximate surface area is 156 Å². The average molecular weight is 386 g/mol. The molecule has 0 saturated carbocycles. The predicted molar refractivity (Wildman–Crippen MR) is 92.4 cm³/mol. The minimum absolute atomic E-state index is 0.0368. The lowest BCUT2D eigenvalue weighted by molar-refractivity contribution is -0.143. The molecule has 0 aromatic carbocycles. The number of rotatable bonds is 9. The Balaban J connectivity index is 2.64. The molecule has 11 heteroatoms. The van der Waals surface area contributed by atoms with Gasteiger partial charge in [0.25, 0.3) is 0 Å². The second-order valence-corrected chi connectivity index (χ2v) is 6.53. The molecule has 0 aromatic rings. The van der Waals surface area contributed by atoms with E-state index in [9.17, 15) is 24.0 Å². The molecule has 1 rings (SSSR count). The van der Waals surface area contributed by atoms with Crippen LogP contribution >= 0.6 is 0 Å². The molecule has 1 aliphatic rings. The van der Waals surface area contributed by atoms with Crippen molar-refractivity contribution in [3.8, 4) is 0 Å². The van der Waals surface area contributed by atoms with Gasteiger partial charge < -0.3 is 31.5 Å². The maximum absolute atomic E-state index is 12.4. The summed E-state index contributed by atoms with van der Waals surface area (Å²) in [5.41, 5.74) is 5.73. The molecule has 4 atom stereocenters. The van der Waals surface area contributed by atoms with Crippen LogP contribution in [0.4, 0.5) is 0 Å². The summed E-state index contributed by atoms with van der Waals surface area (Å²) in [4.78, 5) is 59.5. The highest BCUT2D eigenvalue weighted by Crippen LogP contribution is 2.19. The van der Waals surface area contributed by atoms with Gasteiger partial charge in [-0.15, -0.1) is 0 Å². The van der Waals surface area contributed by atoms with Gasteiger partial charge in [-0.3, -0.25) is 24.0 Å². The predicted octanol–water partition coefficient (Wildman–Crippen LogP) is -1.74. The molecule has 4 unspecified atom stereocenters. The lowest BCUT2D eigenvalue weighted by atomic mass is 10.1. The van der Waals surface area contributed by atoms with Crippen LogP contribution in [0, 0.1) is 0 Å². The van der Waals surface area contributed by atoms with Crippen LogP contribution < -0.4 is 16.4 Å². The number of nitrogens with two attached hydrogens (primary N) is 1. The summed E-state index contributed by atoms with van der Waals surface area (Å²) in [5, 5.41) is 22.2. The lowest BCUT2D eigenvalue weighted by Crippen LogP contribution is -2.55. The van der Waals surface area contributed by atoms with Crippen molar-refractivity contribution in [3.63, 3.8) is 0 Å².